The zero-order valence-corrected chi connectivity index (χ0v) is 15.2. The van der Waals surface area contributed by atoms with E-state index in [4.69, 9.17) is 0 Å². The lowest BCUT2D eigenvalue weighted by Gasteiger charge is -2.03. The smallest absolute Gasteiger partial charge is 0.249 e. The molecule has 1 heterocycles. The van der Waals surface area contributed by atoms with E-state index in [1.165, 1.54) is 12.1 Å². The molecule has 0 aliphatic carbocycles. The van der Waals surface area contributed by atoms with E-state index in [9.17, 15) is 13.2 Å². The maximum atomic E-state index is 12.2. The maximum absolute atomic E-state index is 12.2. The van der Waals surface area contributed by atoms with Gasteiger partial charge in [0.05, 0.1) is 11.3 Å². The van der Waals surface area contributed by atoms with Gasteiger partial charge in [-0.25, -0.2) is 8.42 Å². The van der Waals surface area contributed by atoms with Gasteiger partial charge in [-0.1, -0.05) is 36.4 Å². The molecule has 0 radical (unpaired) electrons. The topological polar surface area (TPSA) is 105 Å². The van der Waals surface area contributed by atoms with Crippen molar-refractivity contribution in [3.63, 3.8) is 0 Å². The summed E-state index contributed by atoms with van der Waals surface area (Å²) in [6, 6.07) is 13.9. The molecular weight excluding hydrogens is 352 g/mol. The largest absolute Gasteiger partial charge is 0.293 e. The summed E-state index contributed by atoms with van der Waals surface area (Å²) in [4.78, 5) is 16.7. The van der Waals surface area contributed by atoms with Crippen molar-refractivity contribution in [2.24, 2.45) is 0 Å². The number of carbonyl (C=O) groups excluding carboxylic acids is 1. The van der Waals surface area contributed by atoms with Crippen molar-refractivity contribution in [1.29, 1.82) is 0 Å². The van der Waals surface area contributed by atoms with Crippen LogP contribution >= 0.6 is 0 Å². The highest BCUT2D eigenvalue weighted by Crippen LogP contribution is 2.20. The molecule has 134 valence electrons. The number of aryl methyl sites for hydroxylation is 1. The van der Waals surface area contributed by atoms with Crippen LogP contribution in [0.4, 0.5) is 5.95 Å². The maximum Gasteiger partial charge on any atom is 0.249 e. The van der Waals surface area contributed by atoms with Crippen LogP contribution in [0.3, 0.4) is 0 Å². The van der Waals surface area contributed by atoms with Gasteiger partial charge in [0.15, 0.2) is 15.7 Å². The minimum atomic E-state index is -3.25. The molecular formula is C18H18N4O3S. The second-order valence-corrected chi connectivity index (χ2v) is 7.98. The molecule has 0 saturated carbocycles. The van der Waals surface area contributed by atoms with Crippen molar-refractivity contribution >= 4 is 21.7 Å². The molecule has 7 nitrogen and oxygen atoms in total. The number of rotatable bonds is 5. The molecule has 8 heteroatoms. The number of nitrogens with one attached hydrogen (secondary N) is 2. The van der Waals surface area contributed by atoms with E-state index < -0.39 is 9.84 Å². The Morgan fingerprint density at radius 3 is 2.46 bits per heavy atom. The first-order chi connectivity index (χ1) is 12.3. The van der Waals surface area contributed by atoms with Crippen molar-refractivity contribution in [1.82, 2.24) is 15.2 Å². The third-order valence-corrected chi connectivity index (χ3v) is 4.98. The van der Waals surface area contributed by atoms with Crippen LogP contribution in [0.1, 0.15) is 11.1 Å². The third kappa shape index (κ3) is 4.15. The van der Waals surface area contributed by atoms with Gasteiger partial charge >= 0.3 is 0 Å². The second kappa shape index (κ2) is 7.09. The van der Waals surface area contributed by atoms with E-state index in [0.717, 1.165) is 17.4 Å². The number of H-pyrrole nitrogens is 1. The molecule has 0 aliphatic heterocycles. The Balaban J connectivity index is 1.67. The quantitative estimate of drug-likeness (QED) is 0.717. The van der Waals surface area contributed by atoms with E-state index >= 15 is 0 Å². The van der Waals surface area contributed by atoms with Gasteiger partial charge in [-0.3, -0.25) is 15.2 Å². The third-order valence-electron chi connectivity index (χ3n) is 3.85. The fourth-order valence-corrected chi connectivity index (χ4v) is 3.12. The van der Waals surface area contributed by atoms with Crippen molar-refractivity contribution < 1.29 is 13.2 Å². The molecule has 1 aromatic heterocycles. The number of sulfone groups is 1. The summed E-state index contributed by atoms with van der Waals surface area (Å²) < 4.78 is 22.9. The number of anilines is 1. The molecule has 0 unspecified atom stereocenters. The minimum Gasteiger partial charge on any atom is -0.293 e. The van der Waals surface area contributed by atoms with E-state index in [0.29, 0.717) is 11.4 Å². The lowest BCUT2D eigenvalue weighted by atomic mass is 10.1. The standard InChI is InChI=1S/C18H18N4O3S/c1-12-5-3-4-6-15(12)17-20-18(22-21-17)19-16(23)11-13-7-9-14(10-8-13)26(2,24)25/h3-10H,11H2,1-2H3,(H2,19,20,21,22,23). The van der Waals surface area contributed by atoms with Crippen LogP contribution in [0.25, 0.3) is 11.4 Å². The molecule has 0 aliphatic rings. The zero-order valence-electron chi connectivity index (χ0n) is 14.4. The highest BCUT2D eigenvalue weighted by Gasteiger charge is 2.12. The average molecular weight is 370 g/mol. The monoisotopic (exact) mass is 370 g/mol. The van der Waals surface area contributed by atoms with Crippen LogP contribution in [-0.4, -0.2) is 35.8 Å². The predicted molar refractivity (Wildman–Crippen MR) is 98.4 cm³/mol. The molecule has 0 saturated heterocycles. The number of hydrogen-bond acceptors (Lipinski definition) is 5. The Labute approximate surface area is 151 Å². The number of carbonyl (C=O) groups is 1. The van der Waals surface area contributed by atoms with Crippen molar-refractivity contribution in [2.75, 3.05) is 11.6 Å². The number of hydrogen-bond donors (Lipinski definition) is 2. The first kappa shape index (κ1) is 17.8. The molecule has 3 aromatic rings. The first-order valence-electron chi connectivity index (χ1n) is 7.90. The van der Waals surface area contributed by atoms with Crippen LogP contribution < -0.4 is 5.32 Å². The summed E-state index contributed by atoms with van der Waals surface area (Å²) in [5.41, 5.74) is 2.66. The van der Waals surface area contributed by atoms with Gasteiger partial charge in [0.25, 0.3) is 0 Å². The molecule has 0 bridgehead atoms. The molecule has 0 spiro atoms. The number of amides is 1. The van der Waals surface area contributed by atoms with Crippen molar-refractivity contribution in [3.05, 3.63) is 59.7 Å². The molecule has 2 N–H and O–H groups in total. The lowest BCUT2D eigenvalue weighted by molar-refractivity contribution is -0.115. The Hall–Kier alpha value is -3.00. The summed E-state index contributed by atoms with van der Waals surface area (Å²) in [5.74, 6) is 0.490. The predicted octanol–water partition coefficient (Wildman–Crippen LogP) is 2.36. The van der Waals surface area contributed by atoms with Crippen LogP contribution in [-0.2, 0) is 21.1 Å². The fourth-order valence-electron chi connectivity index (χ4n) is 2.49. The summed E-state index contributed by atoms with van der Waals surface area (Å²) in [7, 11) is -3.25. The molecule has 0 atom stereocenters. The van der Waals surface area contributed by atoms with E-state index in [-0.39, 0.29) is 23.2 Å². The molecule has 26 heavy (non-hydrogen) atoms. The van der Waals surface area contributed by atoms with Crippen LogP contribution in [0.2, 0.25) is 0 Å². The van der Waals surface area contributed by atoms with Gasteiger partial charge < -0.3 is 0 Å². The Morgan fingerprint density at radius 2 is 1.81 bits per heavy atom. The second-order valence-electron chi connectivity index (χ2n) is 5.96. The highest BCUT2D eigenvalue weighted by molar-refractivity contribution is 7.90. The first-order valence-corrected chi connectivity index (χ1v) is 9.79. The zero-order chi connectivity index (χ0) is 18.7. The Morgan fingerprint density at radius 1 is 1.12 bits per heavy atom. The van der Waals surface area contributed by atoms with Gasteiger partial charge in [-0.15, -0.1) is 5.10 Å². The van der Waals surface area contributed by atoms with Crippen LogP contribution in [0, 0.1) is 6.92 Å². The molecule has 0 fully saturated rings. The van der Waals surface area contributed by atoms with Gasteiger partial charge in [0, 0.05) is 11.8 Å². The summed E-state index contributed by atoms with van der Waals surface area (Å²) in [6.07, 6.45) is 1.24. The normalized spacial score (nSPS) is 11.3. The van der Waals surface area contributed by atoms with Crippen molar-refractivity contribution in [2.45, 2.75) is 18.2 Å². The summed E-state index contributed by atoms with van der Waals surface area (Å²) in [5, 5.41) is 9.46. The molecule has 3 rings (SSSR count). The molecule has 2 aromatic carbocycles. The number of benzene rings is 2. The van der Waals surface area contributed by atoms with Gasteiger partial charge in [0.2, 0.25) is 11.9 Å². The van der Waals surface area contributed by atoms with E-state index in [1.54, 1.807) is 12.1 Å². The van der Waals surface area contributed by atoms with Gasteiger partial charge in [-0.05, 0) is 30.2 Å². The fraction of sp³-hybridized carbons (Fsp3) is 0.167. The Kier molecular flexibility index (Phi) is 4.85. The van der Waals surface area contributed by atoms with Crippen molar-refractivity contribution in [3.8, 4) is 11.4 Å². The number of nitrogens with zero attached hydrogens (tertiary/aromatic N) is 2. The average Bonchev–Trinajstić information content (AvgIpc) is 3.03. The summed E-state index contributed by atoms with van der Waals surface area (Å²) in [6.45, 7) is 1.97. The number of aromatic nitrogens is 3. The summed E-state index contributed by atoms with van der Waals surface area (Å²) >= 11 is 0. The lowest BCUT2D eigenvalue weighted by Crippen LogP contribution is -2.15. The van der Waals surface area contributed by atoms with Gasteiger partial charge in [0.1, 0.15) is 0 Å². The Bertz CT molecular complexity index is 1040. The van der Waals surface area contributed by atoms with Crippen LogP contribution in [0.5, 0.6) is 0 Å². The highest BCUT2D eigenvalue weighted by atomic mass is 32.2. The van der Waals surface area contributed by atoms with E-state index in [2.05, 4.69) is 20.5 Å². The van der Waals surface area contributed by atoms with Crippen LogP contribution in [0.15, 0.2) is 53.4 Å². The van der Waals surface area contributed by atoms with Gasteiger partial charge in [-0.2, -0.15) is 4.98 Å². The molecule has 1 amide bonds. The van der Waals surface area contributed by atoms with E-state index in [1.807, 2.05) is 31.2 Å². The number of aromatic amines is 1. The SMILES string of the molecule is Cc1ccccc1-c1nc(NC(=O)Cc2ccc(S(C)(=O)=O)cc2)n[nH]1. The minimum absolute atomic E-state index is 0.0955.